The number of hydrogen-bond acceptors (Lipinski definition) is 0. The van der Waals surface area contributed by atoms with Gasteiger partial charge in [-0.2, -0.15) is 0 Å². The molecule has 1 rings (SSSR count). The minimum absolute atomic E-state index is 0.866. The van der Waals surface area contributed by atoms with Crippen LogP contribution in [0.2, 0.25) is 0 Å². The van der Waals surface area contributed by atoms with Gasteiger partial charge in [0, 0.05) is 10.7 Å². The molecule has 0 aromatic rings. The van der Waals surface area contributed by atoms with E-state index in [4.69, 9.17) is 0 Å². The van der Waals surface area contributed by atoms with Crippen molar-refractivity contribution in [3.8, 4) is 0 Å². The van der Waals surface area contributed by atoms with E-state index in [1.54, 1.807) is 0 Å². The molecule has 1 aliphatic rings. The van der Waals surface area contributed by atoms with E-state index in [9.17, 15) is 0 Å². The minimum atomic E-state index is 0.866. The van der Waals surface area contributed by atoms with Crippen molar-refractivity contribution in [1.82, 2.24) is 0 Å². The van der Waals surface area contributed by atoms with Crippen molar-refractivity contribution in [1.29, 1.82) is 0 Å². The highest BCUT2D eigenvalue weighted by atomic mass is 79.9. The highest BCUT2D eigenvalue weighted by Gasteiger charge is 2.37. The van der Waals surface area contributed by atoms with Crippen LogP contribution in [0.3, 0.4) is 0 Å². The lowest BCUT2D eigenvalue weighted by Crippen LogP contribution is -2.38. The molecule has 0 nitrogen and oxygen atoms in total. The molecule has 1 saturated carbocycles. The first-order valence-corrected chi connectivity index (χ1v) is 7.48. The highest BCUT2D eigenvalue weighted by molar-refractivity contribution is 9.09. The van der Waals surface area contributed by atoms with Crippen LogP contribution < -0.4 is 0 Å². The van der Waals surface area contributed by atoms with Crippen LogP contribution >= 0.6 is 31.9 Å². The van der Waals surface area contributed by atoms with Crippen molar-refractivity contribution in [2.45, 2.75) is 27.2 Å². The molecule has 0 amide bonds. The molecular weight excluding hydrogens is 292 g/mol. The average Bonchev–Trinajstić information content (AvgIpc) is 2.13. The van der Waals surface area contributed by atoms with Crippen molar-refractivity contribution in [3.63, 3.8) is 0 Å². The number of halogens is 2. The second kappa shape index (κ2) is 5.16. The molecule has 0 spiro atoms. The topological polar surface area (TPSA) is 0 Å². The predicted octanol–water partition coefficient (Wildman–Crippen LogP) is 4.32. The Morgan fingerprint density at radius 2 is 1.62 bits per heavy atom. The van der Waals surface area contributed by atoms with E-state index in [0.717, 1.165) is 29.6 Å². The Morgan fingerprint density at radius 1 is 1.00 bits per heavy atom. The third-order valence-corrected chi connectivity index (χ3v) is 5.64. The van der Waals surface area contributed by atoms with E-state index in [1.165, 1.54) is 17.1 Å². The molecule has 0 radical (unpaired) electrons. The summed E-state index contributed by atoms with van der Waals surface area (Å²) in [5.74, 6) is 4.39. The number of rotatable bonds is 2. The van der Waals surface area contributed by atoms with Gasteiger partial charge in [0.25, 0.3) is 0 Å². The Kier molecular flexibility index (Phi) is 4.77. The van der Waals surface area contributed by atoms with Gasteiger partial charge in [0.1, 0.15) is 0 Å². The van der Waals surface area contributed by atoms with Crippen LogP contribution in [0.5, 0.6) is 0 Å². The molecule has 0 aliphatic heterocycles. The van der Waals surface area contributed by atoms with Crippen molar-refractivity contribution in [2.75, 3.05) is 10.7 Å². The largest absolute Gasteiger partial charge is 0.0925 e. The first-order chi connectivity index (χ1) is 6.11. The highest BCUT2D eigenvalue weighted by Crippen LogP contribution is 2.43. The molecule has 0 saturated heterocycles. The molecule has 0 N–H and O–H groups in total. The fourth-order valence-electron chi connectivity index (χ4n) is 2.65. The van der Waals surface area contributed by atoms with E-state index in [0.29, 0.717) is 0 Å². The third kappa shape index (κ3) is 2.50. The predicted molar refractivity (Wildman–Crippen MR) is 66.7 cm³/mol. The normalized spacial score (nSPS) is 46.4. The summed E-state index contributed by atoms with van der Waals surface area (Å²) in [6.45, 7) is 7.23. The van der Waals surface area contributed by atoms with Gasteiger partial charge in [-0.25, -0.2) is 0 Å². The average molecular weight is 312 g/mol. The third-order valence-electron chi connectivity index (χ3n) is 4.06. The fraction of sp³-hybridized carbons (Fsp3) is 1.00. The van der Waals surface area contributed by atoms with Gasteiger partial charge < -0.3 is 0 Å². The van der Waals surface area contributed by atoms with Crippen molar-refractivity contribution >= 4 is 31.9 Å². The van der Waals surface area contributed by atoms with Crippen LogP contribution in [-0.2, 0) is 0 Å². The van der Waals surface area contributed by atoms with Crippen molar-refractivity contribution in [3.05, 3.63) is 0 Å². The van der Waals surface area contributed by atoms with E-state index >= 15 is 0 Å². The van der Waals surface area contributed by atoms with Crippen LogP contribution in [0.4, 0.5) is 0 Å². The Hall–Kier alpha value is 0.960. The lowest BCUT2D eigenvalue weighted by molar-refractivity contribution is 0.0921. The Morgan fingerprint density at radius 3 is 2.08 bits per heavy atom. The second-order valence-corrected chi connectivity index (χ2v) is 5.96. The van der Waals surface area contributed by atoms with E-state index < -0.39 is 0 Å². The molecule has 1 aliphatic carbocycles. The van der Waals surface area contributed by atoms with Gasteiger partial charge >= 0.3 is 0 Å². The van der Waals surface area contributed by atoms with E-state index in [1.807, 2.05) is 0 Å². The fourth-order valence-corrected chi connectivity index (χ4v) is 4.51. The SMILES string of the molecule is CC1CC(CBr)C(CBr)C(C)C1C. The summed E-state index contributed by atoms with van der Waals surface area (Å²) in [4.78, 5) is 0. The molecule has 78 valence electrons. The van der Waals surface area contributed by atoms with Crippen LogP contribution in [0.1, 0.15) is 27.2 Å². The van der Waals surface area contributed by atoms with Crippen LogP contribution in [0, 0.1) is 29.6 Å². The summed E-state index contributed by atoms with van der Waals surface area (Å²) in [6.07, 6.45) is 1.40. The van der Waals surface area contributed by atoms with Gasteiger partial charge in [-0.15, -0.1) is 0 Å². The molecule has 5 atom stereocenters. The lowest BCUT2D eigenvalue weighted by Gasteiger charge is -2.43. The van der Waals surface area contributed by atoms with Gasteiger partial charge in [0.15, 0.2) is 0 Å². The summed E-state index contributed by atoms with van der Waals surface area (Å²) in [5, 5.41) is 2.34. The number of alkyl halides is 2. The maximum atomic E-state index is 3.66. The molecule has 2 heteroatoms. The van der Waals surface area contributed by atoms with Crippen LogP contribution in [0.15, 0.2) is 0 Å². The van der Waals surface area contributed by atoms with Gasteiger partial charge in [0.2, 0.25) is 0 Å². The molecule has 13 heavy (non-hydrogen) atoms. The monoisotopic (exact) mass is 310 g/mol. The lowest BCUT2D eigenvalue weighted by atomic mass is 9.65. The van der Waals surface area contributed by atoms with Gasteiger partial charge in [-0.05, 0) is 36.0 Å². The maximum absolute atomic E-state index is 3.66. The summed E-state index contributed by atoms with van der Waals surface area (Å²) in [5.41, 5.74) is 0. The summed E-state index contributed by atoms with van der Waals surface area (Å²) >= 11 is 7.31. The second-order valence-electron chi connectivity index (χ2n) is 4.66. The van der Waals surface area contributed by atoms with Crippen LogP contribution in [-0.4, -0.2) is 10.7 Å². The zero-order valence-electron chi connectivity index (χ0n) is 8.76. The van der Waals surface area contributed by atoms with Gasteiger partial charge in [-0.1, -0.05) is 52.6 Å². The molecule has 0 heterocycles. The zero-order chi connectivity index (χ0) is 10.0. The zero-order valence-corrected chi connectivity index (χ0v) is 11.9. The first kappa shape index (κ1) is 12.0. The van der Waals surface area contributed by atoms with Gasteiger partial charge in [0.05, 0.1) is 0 Å². The number of hydrogen-bond donors (Lipinski definition) is 0. The van der Waals surface area contributed by atoms with Crippen LogP contribution in [0.25, 0.3) is 0 Å². The maximum Gasteiger partial charge on any atom is 0.00652 e. The molecule has 1 fully saturated rings. The van der Waals surface area contributed by atoms with Gasteiger partial charge in [-0.3, -0.25) is 0 Å². The molecule has 0 aromatic carbocycles. The minimum Gasteiger partial charge on any atom is -0.0925 e. The Balaban J connectivity index is 2.69. The van der Waals surface area contributed by atoms with Crippen molar-refractivity contribution in [2.24, 2.45) is 29.6 Å². The molecule has 0 aromatic heterocycles. The summed E-state index contributed by atoms with van der Waals surface area (Å²) in [6, 6.07) is 0. The van der Waals surface area contributed by atoms with E-state index in [2.05, 4.69) is 52.6 Å². The smallest absolute Gasteiger partial charge is 0.00652 e. The Bertz CT molecular complexity index is 156. The summed E-state index contributed by atoms with van der Waals surface area (Å²) < 4.78 is 0. The summed E-state index contributed by atoms with van der Waals surface area (Å²) in [7, 11) is 0. The standard InChI is InChI=1S/C11H20Br2/c1-7-4-10(5-12)11(6-13)9(3)8(7)2/h7-11H,4-6H2,1-3H3. The Labute approximate surface area is 99.1 Å². The molecule has 0 bridgehead atoms. The van der Waals surface area contributed by atoms with Crippen molar-refractivity contribution < 1.29 is 0 Å². The molecular formula is C11H20Br2. The van der Waals surface area contributed by atoms with E-state index in [-0.39, 0.29) is 0 Å². The molecule has 5 unspecified atom stereocenters. The first-order valence-electron chi connectivity index (χ1n) is 5.23. The quantitative estimate of drug-likeness (QED) is 0.666.